The molecular weight excluding hydrogens is 620 g/mol. The summed E-state index contributed by atoms with van der Waals surface area (Å²) in [5.74, 6) is -2.32. The first-order valence-electron chi connectivity index (χ1n) is 20.1. The van der Waals surface area contributed by atoms with Gasteiger partial charge in [-0.25, -0.2) is 4.79 Å². The fraction of sp³-hybridized carbons (Fsp3) is 0.850. The van der Waals surface area contributed by atoms with Crippen LogP contribution in [0.15, 0.2) is 12.2 Å². The third kappa shape index (κ3) is 32.5. The minimum atomic E-state index is -1.38. The standard InChI is InChI=1S/C40H74N2O7/c1-3-5-7-9-11-13-14-16-18-24-28-32-39(46)49-35(29-25-21-17-15-12-10-8-6-4-2)30-26-22-19-20-23-27-31-37(44)41-33-38(45)42-36(34-43)40(47)48/h25,29,35-36,43H,3-24,26-28,30-34H2,1-2H3,(H,41,44)(H,42,45)(H,47,48)/b29-25-. The van der Waals surface area contributed by atoms with Crippen molar-refractivity contribution >= 4 is 23.8 Å². The molecule has 0 saturated heterocycles. The molecule has 0 aliphatic rings. The Bertz CT molecular complexity index is 848. The van der Waals surface area contributed by atoms with Crippen LogP contribution in [-0.2, 0) is 23.9 Å². The van der Waals surface area contributed by atoms with Crippen molar-refractivity contribution in [2.45, 2.75) is 206 Å². The van der Waals surface area contributed by atoms with E-state index in [1.165, 1.54) is 103 Å². The molecule has 2 amide bonds. The molecule has 0 radical (unpaired) electrons. The molecule has 0 spiro atoms. The number of aliphatic hydroxyl groups is 1. The molecule has 49 heavy (non-hydrogen) atoms. The average Bonchev–Trinajstić information content (AvgIpc) is 3.08. The smallest absolute Gasteiger partial charge is 0.328 e. The van der Waals surface area contributed by atoms with Gasteiger partial charge in [0, 0.05) is 12.8 Å². The lowest BCUT2D eigenvalue weighted by atomic mass is 10.0. The molecule has 0 heterocycles. The zero-order valence-electron chi connectivity index (χ0n) is 31.5. The molecule has 0 aliphatic carbocycles. The van der Waals surface area contributed by atoms with Crippen LogP contribution in [0.3, 0.4) is 0 Å². The van der Waals surface area contributed by atoms with Gasteiger partial charge < -0.3 is 25.6 Å². The molecule has 0 aromatic carbocycles. The molecule has 2 atom stereocenters. The number of rotatable bonds is 36. The maximum absolute atomic E-state index is 12.7. The normalized spacial score (nSPS) is 12.6. The summed E-state index contributed by atoms with van der Waals surface area (Å²) in [5, 5.41) is 22.5. The molecule has 9 heteroatoms. The summed E-state index contributed by atoms with van der Waals surface area (Å²) in [7, 11) is 0. The van der Waals surface area contributed by atoms with E-state index in [-0.39, 0.29) is 24.5 Å². The van der Waals surface area contributed by atoms with Gasteiger partial charge in [0.25, 0.3) is 0 Å². The summed E-state index contributed by atoms with van der Waals surface area (Å²) < 4.78 is 5.92. The van der Waals surface area contributed by atoms with Gasteiger partial charge in [0.2, 0.25) is 11.8 Å². The van der Waals surface area contributed by atoms with Crippen molar-refractivity contribution in [3.63, 3.8) is 0 Å². The number of aliphatic hydroxyl groups excluding tert-OH is 1. The average molecular weight is 695 g/mol. The number of carbonyl (C=O) groups is 4. The van der Waals surface area contributed by atoms with Crippen LogP contribution in [0.25, 0.3) is 0 Å². The largest absolute Gasteiger partial charge is 0.480 e. The summed E-state index contributed by atoms with van der Waals surface area (Å²) in [4.78, 5) is 47.3. The van der Waals surface area contributed by atoms with Crippen molar-refractivity contribution in [2.24, 2.45) is 0 Å². The Hall–Kier alpha value is -2.42. The van der Waals surface area contributed by atoms with Crippen LogP contribution in [0.2, 0.25) is 0 Å². The lowest BCUT2D eigenvalue weighted by molar-refractivity contribution is -0.147. The number of ether oxygens (including phenoxy) is 1. The molecule has 0 aromatic rings. The van der Waals surface area contributed by atoms with Crippen LogP contribution in [0.1, 0.15) is 194 Å². The number of carboxylic acids is 1. The minimum absolute atomic E-state index is 0.0765. The molecular formula is C40H74N2O7. The van der Waals surface area contributed by atoms with Gasteiger partial charge in [-0.2, -0.15) is 0 Å². The van der Waals surface area contributed by atoms with Crippen molar-refractivity contribution in [3.8, 4) is 0 Å². The van der Waals surface area contributed by atoms with Crippen LogP contribution in [0, 0.1) is 0 Å². The van der Waals surface area contributed by atoms with E-state index in [2.05, 4.69) is 36.6 Å². The van der Waals surface area contributed by atoms with Gasteiger partial charge >= 0.3 is 11.9 Å². The number of amides is 2. The van der Waals surface area contributed by atoms with Crippen molar-refractivity contribution in [1.29, 1.82) is 0 Å². The Labute approximate surface area is 299 Å². The van der Waals surface area contributed by atoms with Gasteiger partial charge in [0.15, 0.2) is 0 Å². The molecule has 4 N–H and O–H groups in total. The second-order valence-corrected chi connectivity index (χ2v) is 13.7. The van der Waals surface area contributed by atoms with E-state index in [9.17, 15) is 19.2 Å². The quantitative estimate of drug-likeness (QED) is 0.0291. The Morgan fingerprint density at radius 3 is 1.59 bits per heavy atom. The summed E-state index contributed by atoms with van der Waals surface area (Å²) in [6, 6.07) is -1.38. The third-order valence-corrected chi connectivity index (χ3v) is 9.00. The SMILES string of the molecule is CCCCCCCCC/C=C\C(CCCCCCCCC(=O)NCC(=O)NC(CO)C(=O)O)OC(=O)CCCCCCCCCCCCC. The molecule has 286 valence electrons. The van der Waals surface area contributed by atoms with E-state index in [1.807, 2.05) is 0 Å². The number of unbranched alkanes of at least 4 members (excludes halogenated alkanes) is 22. The number of hydrogen-bond acceptors (Lipinski definition) is 6. The lowest BCUT2D eigenvalue weighted by Crippen LogP contribution is -2.47. The van der Waals surface area contributed by atoms with Crippen LogP contribution in [0.4, 0.5) is 0 Å². The summed E-state index contributed by atoms with van der Waals surface area (Å²) in [6.07, 6.45) is 35.4. The molecule has 0 fully saturated rings. The predicted octanol–water partition coefficient (Wildman–Crippen LogP) is 9.09. The molecule has 0 aliphatic heterocycles. The zero-order valence-corrected chi connectivity index (χ0v) is 31.5. The number of hydrogen-bond donors (Lipinski definition) is 4. The van der Waals surface area contributed by atoms with Gasteiger partial charge in [-0.3, -0.25) is 14.4 Å². The minimum Gasteiger partial charge on any atom is -0.480 e. The number of aliphatic carboxylic acids is 1. The molecule has 0 rings (SSSR count). The maximum atomic E-state index is 12.7. The van der Waals surface area contributed by atoms with E-state index >= 15 is 0 Å². The van der Waals surface area contributed by atoms with E-state index < -0.39 is 24.5 Å². The fourth-order valence-corrected chi connectivity index (χ4v) is 5.86. The van der Waals surface area contributed by atoms with E-state index in [4.69, 9.17) is 14.9 Å². The fourth-order valence-electron chi connectivity index (χ4n) is 5.86. The first kappa shape index (κ1) is 46.6. The second kappa shape index (κ2) is 35.4. The molecule has 0 bridgehead atoms. The molecule has 0 saturated carbocycles. The van der Waals surface area contributed by atoms with Gasteiger partial charge in [0.05, 0.1) is 13.2 Å². The van der Waals surface area contributed by atoms with E-state index in [1.54, 1.807) is 0 Å². The predicted molar refractivity (Wildman–Crippen MR) is 199 cm³/mol. The molecule has 2 unspecified atom stereocenters. The lowest BCUT2D eigenvalue weighted by Gasteiger charge is -2.15. The number of allylic oxidation sites excluding steroid dienone is 1. The Kier molecular flexibility index (Phi) is 33.7. The first-order valence-corrected chi connectivity index (χ1v) is 20.1. The van der Waals surface area contributed by atoms with E-state index in [0.29, 0.717) is 19.3 Å². The van der Waals surface area contributed by atoms with Crippen molar-refractivity contribution < 1.29 is 34.1 Å². The van der Waals surface area contributed by atoms with Crippen LogP contribution in [-0.4, -0.2) is 59.3 Å². The van der Waals surface area contributed by atoms with Crippen LogP contribution < -0.4 is 10.6 Å². The van der Waals surface area contributed by atoms with Crippen LogP contribution in [0.5, 0.6) is 0 Å². The van der Waals surface area contributed by atoms with Gasteiger partial charge in [0.1, 0.15) is 12.1 Å². The highest BCUT2D eigenvalue weighted by Gasteiger charge is 2.18. The van der Waals surface area contributed by atoms with Crippen molar-refractivity contribution in [1.82, 2.24) is 10.6 Å². The van der Waals surface area contributed by atoms with Gasteiger partial charge in [-0.05, 0) is 44.6 Å². The monoisotopic (exact) mass is 695 g/mol. The van der Waals surface area contributed by atoms with Gasteiger partial charge in [-0.15, -0.1) is 0 Å². The maximum Gasteiger partial charge on any atom is 0.328 e. The Morgan fingerprint density at radius 1 is 0.612 bits per heavy atom. The third-order valence-electron chi connectivity index (χ3n) is 9.00. The number of carbonyl (C=O) groups excluding carboxylic acids is 3. The number of nitrogens with one attached hydrogen (secondary N) is 2. The van der Waals surface area contributed by atoms with Gasteiger partial charge in [-0.1, -0.05) is 148 Å². The highest BCUT2D eigenvalue weighted by Crippen LogP contribution is 2.16. The highest BCUT2D eigenvalue weighted by molar-refractivity contribution is 5.87. The highest BCUT2D eigenvalue weighted by atomic mass is 16.5. The van der Waals surface area contributed by atoms with E-state index in [0.717, 1.165) is 57.8 Å². The Balaban J connectivity index is 4.27. The van der Waals surface area contributed by atoms with Crippen molar-refractivity contribution in [2.75, 3.05) is 13.2 Å². The summed E-state index contributed by atoms with van der Waals surface area (Å²) >= 11 is 0. The summed E-state index contributed by atoms with van der Waals surface area (Å²) in [6.45, 7) is 3.47. The van der Waals surface area contributed by atoms with Crippen LogP contribution >= 0.6 is 0 Å². The first-order chi connectivity index (χ1) is 23.8. The molecule has 9 nitrogen and oxygen atoms in total. The second-order valence-electron chi connectivity index (χ2n) is 13.7. The topological polar surface area (TPSA) is 142 Å². The van der Waals surface area contributed by atoms with Crippen molar-refractivity contribution in [3.05, 3.63) is 12.2 Å². The Morgan fingerprint density at radius 2 is 1.08 bits per heavy atom. The summed E-state index contributed by atoms with van der Waals surface area (Å²) in [5.41, 5.74) is 0. The number of esters is 1. The zero-order chi connectivity index (χ0) is 36.2. The number of carboxylic acid groups (broad SMARTS) is 1. The molecule has 0 aromatic heterocycles.